The van der Waals surface area contributed by atoms with E-state index in [0.29, 0.717) is 16.6 Å². The predicted octanol–water partition coefficient (Wildman–Crippen LogP) is 2.74. The molecule has 1 aromatic carbocycles. The predicted molar refractivity (Wildman–Crippen MR) is 69.8 cm³/mol. The normalized spacial score (nSPS) is 12.4. The molecule has 0 aliphatic heterocycles. The summed E-state index contributed by atoms with van der Waals surface area (Å²) in [6.45, 7) is 3.09. The molecule has 0 fully saturated rings. The zero-order valence-corrected chi connectivity index (χ0v) is 10.3. The van der Waals surface area contributed by atoms with E-state index in [1.807, 2.05) is 25.1 Å². The van der Waals surface area contributed by atoms with Gasteiger partial charge in [-0.25, -0.2) is 0 Å². The van der Waals surface area contributed by atoms with Crippen LogP contribution in [0.2, 0.25) is 5.02 Å². The number of anilines is 2. The lowest BCUT2D eigenvalue weighted by Gasteiger charge is -2.12. The average molecular weight is 243 g/mol. The van der Waals surface area contributed by atoms with Crippen LogP contribution in [-0.4, -0.2) is 18.3 Å². The number of hydrogen-bond donors (Lipinski definition) is 3. The summed E-state index contributed by atoms with van der Waals surface area (Å²) >= 11 is 6.02. The Bertz CT molecular complexity index is 311. The molecule has 3 nitrogen and oxygen atoms in total. The van der Waals surface area contributed by atoms with E-state index < -0.39 is 0 Å². The smallest absolute Gasteiger partial charge is 0.0763 e. The van der Waals surface area contributed by atoms with Gasteiger partial charge in [0.25, 0.3) is 0 Å². The van der Waals surface area contributed by atoms with Crippen molar-refractivity contribution in [1.29, 1.82) is 0 Å². The molecule has 16 heavy (non-hydrogen) atoms. The Morgan fingerprint density at radius 2 is 2.25 bits per heavy atom. The summed E-state index contributed by atoms with van der Waals surface area (Å²) in [6, 6.07) is 5.47. The lowest BCUT2D eigenvalue weighted by molar-refractivity contribution is 0.229. The fourth-order valence-electron chi connectivity index (χ4n) is 1.48. The van der Waals surface area contributed by atoms with E-state index in [9.17, 15) is 0 Å². The molecule has 0 heterocycles. The zero-order chi connectivity index (χ0) is 12.0. The number of nitrogen functional groups attached to an aromatic ring is 1. The van der Waals surface area contributed by atoms with Crippen LogP contribution in [0.25, 0.3) is 0 Å². The quantitative estimate of drug-likeness (QED) is 0.531. The third kappa shape index (κ3) is 3.91. The van der Waals surface area contributed by atoms with Crippen molar-refractivity contribution in [2.45, 2.75) is 19.8 Å². The zero-order valence-electron chi connectivity index (χ0n) is 9.54. The number of aliphatic hydroxyl groups excluding tert-OH is 1. The van der Waals surface area contributed by atoms with Crippen LogP contribution in [0.5, 0.6) is 0 Å². The number of nitrogens with two attached hydrogens (primary N) is 1. The molecule has 4 N–H and O–H groups in total. The number of halogens is 1. The fraction of sp³-hybridized carbons (Fsp3) is 0.500. The van der Waals surface area contributed by atoms with Crippen LogP contribution in [0.3, 0.4) is 0 Å². The maximum Gasteiger partial charge on any atom is 0.0763 e. The number of hydrogen-bond acceptors (Lipinski definition) is 3. The second-order valence-electron chi connectivity index (χ2n) is 4.06. The van der Waals surface area contributed by atoms with Crippen LogP contribution in [-0.2, 0) is 0 Å². The Hall–Kier alpha value is -0.930. The summed E-state index contributed by atoms with van der Waals surface area (Å²) < 4.78 is 0. The van der Waals surface area contributed by atoms with Crippen LogP contribution in [0, 0.1) is 5.92 Å². The number of benzene rings is 1. The number of nitrogens with one attached hydrogen (secondary N) is 1. The van der Waals surface area contributed by atoms with Crippen molar-refractivity contribution in [3.63, 3.8) is 0 Å². The standard InChI is InChI=1S/C12H19ClN2O/c1-9(8-16)4-3-7-15-12-10(13)5-2-6-11(12)14/h2,5-6,9,15-16H,3-4,7-8,14H2,1H3. The topological polar surface area (TPSA) is 58.3 Å². The Morgan fingerprint density at radius 3 is 2.88 bits per heavy atom. The summed E-state index contributed by atoms with van der Waals surface area (Å²) in [5.74, 6) is 0.352. The van der Waals surface area contributed by atoms with Gasteiger partial charge in [-0.2, -0.15) is 0 Å². The maximum absolute atomic E-state index is 8.88. The first kappa shape index (κ1) is 13.1. The molecule has 0 aromatic heterocycles. The average Bonchev–Trinajstić information content (AvgIpc) is 2.27. The molecule has 0 amide bonds. The van der Waals surface area contributed by atoms with Crippen LogP contribution in [0.4, 0.5) is 11.4 Å². The van der Waals surface area contributed by atoms with Crippen LogP contribution >= 0.6 is 11.6 Å². The minimum Gasteiger partial charge on any atom is -0.397 e. The highest BCUT2D eigenvalue weighted by atomic mass is 35.5. The summed E-state index contributed by atoms with van der Waals surface area (Å²) in [5, 5.41) is 12.7. The van der Waals surface area contributed by atoms with Crippen molar-refractivity contribution in [2.75, 3.05) is 24.2 Å². The van der Waals surface area contributed by atoms with Gasteiger partial charge in [0.05, 0.1) is 16.4 Å². The van der Waals surface area contributed by atoms with Gasteiger partial charge in [-0.1, -0.05) is 24.6 Å². The molecular formula is C12H19ClN2O. The van der Waals surface area contributed by atoms with E-state index in [-0.39, 0.29) is 6.61 Å². The number of para-hydroxylation sites is 1. The van der Waals surface area contributed by atoms with Crippen molar-refractivity contribution in [3.05, 3.63) is 23.2 Å². The van der Waals surface area contributed by atoms with Gasteiger partial charge < -0.3 is 16.2 Å². The van der Waals surface area contributed by atoms with Gasteiger partial charge in [-0.15, -0.1) is 0 Å². The molecule has 0 saturated heterocycles. The van der Waals surface area contributed by atoms with E-state index in [1.165, 1.54) is 0 Å². The van der Waals surface area contributed by atoms with E-state index in [0.717, 1.165) is 25.1 Å². The second kappa shape index (κ2) is 6.61. The Morgan fingerprint density at radius 1 is 1.50 bits per heavy atom. The highest BCUT2D eigenvalue weighted by Crippen LogP contribution is 2.27. The van der Waals surface area contributed by atoms with Gasteiger partial charge in [0.2, 0.25) is 0 Å². The molecule has 1 atom stereocenters. The van der Waals surface area contributed by atoms with Crippen molar-refractivity contribution in [1.82, 2.24) is 0 Å². The van der Waals surface area contributed by atoms with Crippen molar-refractivity contribution >= 4 is 23.0 Å². The summed E-state index contributed by atoms with van der Waals surface area (Å²) in [6.07, 6.45) is 1.99. The Labute approximate surface area is 102 Å². The maximum atomic E-state index is 8.88. The minimum atomic E-state index is 0.244. The molecule has 90 valence electrons. The molecule has 4 heteroatoms. The third-order valence-corrected chi connectivity index (χ3v) is 2.85. The number of rotatable bonds is 6. The Kier molecular flexibility index (Phi) is 5.43. The molecule has 0 bridgehead atoms. The van der Waals surface area contributed by atoms with Crippen molar-refractivity contribution in [2.24, 2.45) is 5.92 Å². The molecule has 0 saturated carbocycles. The third-order valence-electron chi connectivity index (χ3n) is 2.53. The monoisotopic (exact) mass is 242 g/mol. The lowest BCUT2D eigenvalue weighted by Crippen LogP contribution is -2.08. The molecule has 0 spiro atoms. The van der Waals surface area contributed by atoms with Crippen molar-refractivity contribution < 1.29 is 5.11 Å². The lowest BCUT2D eigenvalue weighted by atomic mass is 10.1. The summed E-state index contributed by atoms with van der Waals surface area (Å²) in [5.41, 5.74) is 7.28. The van der Waals surface area contributed by atoms with Gasteiger partial charge in [-0.3, -0.25) is 0 Å². The van der Waals surface area contributed by atoms with E-state index in [4.69, 9.17) is 22.4 Å². The van der Waals surface area contributed by atoms with E-state index in [2.05, 4.69) is 5.32 Å². The first-order valence-electron chi connectivity index (χ1n) is 5.54. The molecule has 1 aromatic rings. The highest BCUT2D eigenvalue weighted by Gasteiger charge is 2.04. The fourth-order valence-corrected chi connectivity index (χ4v) is 1.73. The minimum absolute atomic E-state index is 0.244. The molecule has 1 unspecified atom stereocenters. The molecule has 0 aliphatic carbocycles. The first-order valence-corrected chi connectivity index (χ1v) is 5.91. The van der Waals surface area contributed by atoms with Gasteiger partial charge in [-0.05, 0) is 30.9 Å². The number of aliphatic hydroxyl groups is 1. The van der Waals surface area contributed by atoms with Crippen molar-refractivity contribution in [3.8, 4) is 0 Å². The highest BCUT2D eigenvalue weighted by molar-refractivity contribution is 6.33. The van der Waals surface area contributed by atoms with Gasteiger partial charge in [0.15, 0.2) is 0 Å². The van der Waals surface area contributed by atoms with Crippen LogP contribution in [0.1, 0.15) is 19.8 Å². The van der Waals surface area contributed by atoms with Gasteiger partial charge in [0.1, 0.15) is 0 Å². The molecular weight excluding hydrogens is 224 g/mol. The van der Waals surface area contributed by atoms with Crippen LogP contribution < -0.4 is 11.1 Å². The second-order valence-corrected chi connectivity index (χ2v) is 4.47. The molecule has 0 aliphatic rings. The Balaban J connectivity index is 2.37. The largest absolute Gasteiger partial charge is 0.397 e. The van der Waals surface area contributed by atoms with Gasteiger partial charge >= 0.3 is 0 Å². The first-order chi connectivity index (χ1) is 7.65. The van der Waals surface area contributed by atoms with Crippen LogP contribution in [0.15, 0.2) is 18.2 Å². The van der Waals surface area contributed by atoms with E-state index in [1.54, 1.807) is 0 Å². The summed E-state index contributed by atoms with van der Waals surface area (Å²) in [4.78, 5) is 0. The van der Waals surface area contributed by atoms with E-state index >= 15 is 0 Å². The van der Waals surface area contributed by atoms with Gasteiger partial charge in [0, 0.05) is 13.2 Å². The molecule has 1 rings (SSSR count). The molecule has 0 radical (unpaired) electrons. The SMILES string of the molecule is CC(CO)CCCNc1c(N)cccc1Cl. The summed E-state index contributed by atoms with van der Waals surface area (Å²) in [7, 11) is 0.